The molecule has 0 fully saturated rings. The molecule has 3 rings (SSSR count). The van der Waals surface area contributed by atoms with Crippen molar-refractivity contribution < 1.29 is 9.53 Å². The highest BCUT2D eigenvalue weighted by Gasteiger charge is 2.20. The number of hydrogen-bond donors (Lipinski definition) is 0. The highest BCUT2D eigenvalue weighted by atomic mass is 35.5. The van der Waals surface area contributed by atoms with Gasteiger partial charge in [-0.05, 0) is 31.2 Å². The lowest BCUT2D eigenvalue weighted by molar-refractivity contribution is 0.112. The molecule has 116 valence electrons. The number of carbonyl (C=O) groups excluding carboxylic acids is 1. The number of ether oxygens (including phenoxy) is 1. The lowest BCUT2D eigenvalue weighted by Crippen LogP contribution is -1.97. The summed E-state index contributed by atoms with van der Waals surface area (Å²) in [5, 5.41) is 4.82. The summed E-state index contributed by atoms with van der Waals surface area (Å²) in [6.07, 6.45) is 0.729. The lowest BCUT2D eigenvalue weighted by atomic mass is 10.1. The molecule has 0 atom stereocenters. The molecular weight excluding hydrogens is 312 g/mol. The molecule has 5 heteroatoms. The molecule has 2 aromatic carbocycles. The predicted octanol–water partition coefficient (Wildman–Crippen LogP) is 4.40. The summed E-state index contributed by atoms with van der Waals surface area (Å²) in [4.78, 5) is 11.6. The normalized spacial score (nSPS) is 10.5. The third kappa shape index (κ3) is 2.85. The number of nitrogens with zero attached hydrogens (tertiary/aromatic N) is 2. The summed E-state index contributed by atoms with van der Waals surface area (Å²) in [6.45, 7) is 2.44. The fraction of sp³-hybridized carbons (Fsp3) is 0.111. The predicted molar refractivity (Wildman–Crippen MR) is 90.6 cm³/mol. The SMILES string of the molecule is CCOc1ccccc1-c1nn(-c2ccccc2)c(Cl)c1C=O. The second-order valence-corrected chi connectivity index (χ2v) is 5.21. The van der Waals surface area contributed by atoms with Gasteiger partial charge in [0.25, 0.3) is 0 Å². The number of halogens is 1. The molecule has 23 heavy (non-hydrogen) atoms. The molecule has 0 bridgehead atoms. The van der Waals surface area contributed by atoms with Gasteiger partial charge in [-0.1, -0.05) is 41.9 Å². The van der Waals surface area contributed by atoms with Crippen LogP contribution in [0.25, 0.3) is 16.9 Å². The molecule has 0 saturated heterocycles. The minimum absolute atomic E-state index is 0.285. The van der Waals surface area contributed by atoms with E-state index in [1.807, 2.05) is 61.5 Å². The summed E-state index contributed by atoms with van der Waals surface area (Å²) in [6, 6.07) is 16.9. The Morgan fingerprint density at radius 1 is 1.13 bits per heavy atom. The van der Waals surface area contributed by atoms with Gasteiger partial charge in [0.1, 0.15) is 16.6 Å². The first-order valence-corrected chi connectivity index (χ1v) is 7.65. The van der Waals surface area contributed by atoms with Gasteiger partial charge in [0, 0.05) is 5.56 Å². The van der Waals surface area contributed by atoms with E-state index in [1.165, 1.54) is 0 Å². The van der Waals surface area contributed by atoms with E-state index in [1.54, 1.807) is 4.68 Å². The zero-order valence-corrected chi connectivity index (χ0v) is 13.3. The van der Waals surface area contributed by atoms with Gasteiger partial charge in [0.05, 0.1) is 17.9 Å². The molecule has 0 radical (unpaired) electrons. The monoisotopic (exact) mass is 326 g/mol. The smallest absolute Gasteiger partial charge is 0.155 e. The van der Waals surface area contributed by atoms with Crippen LogP contribution in [0.4, 0.5) is 0 Å². The van der Waals surface area contributed by atoms with Crippen molar-refractivity contribution in [1.29, 1.82) is 0 Å². The van der Waals surface area contributed by atoms with Crippen molar-refractivity contribution in [2.75, 3.05) is 6.61 Å². The Kier molecular flexibility index (Phi) is 4.44. The van der Waals surface area contributed by atoms with Gasteiger partial charge in [-0.2, -0.15) is 5.10 Å². The molecule has 0 aliphatic carbocycles. The van der Waals surface area contributed by atoms with Gasteiger partial charge < -0.3 is 4.74 Å². The van der Waals surface area contributed by atoms with Crippen LogP contribution in [0.2, 0.25) is 5.15 Å². The van der Waals surface area contributed by atoms with Crippen molar-refractivity contribution in [2.24, 2.45) is 0 Å². The highest BCUT2D eigenvalue weighted by Crippen LogP contribution is 2.34. The Bertz CT molecular complexity index is 828. The van der Waals surface area contributed by atoms with E-state index < -0.39 is 0 Å². The van der Waals surface area contributed by atoms with Gasteiger partial charge in [-0.3, -0.25) is 4.79 Å². The summed E-state index contributed by atoms with van der Waals surface area (Å²) < 4.78 is 7.20. The number of carbonyl (C=O) groups is 1. The van der Waals surface area contributed by atoms with Crippen LogP contribution >= 0.6 is 11.6 Å². The van der Waals surface area contributed by atoms with Crippen LogP contribution in [-0.2, 0) is 0 Å². The van der Waals surface area contributed by atoms with Crippen molar-refractivity contribution in [3.8, 4) is 22.7 Å². The average molecular weight is 327 g/mol. The number of aldehydes is 1. The minimum Gasteiger partial charge on any atom is -0.493 e. The minimum atomic E-state index is 0.285. The van der Waals surface area contributed by atoms with Crippen LogP contribution in [0.5, 0.6) is 5.75 Å². The third-order valence-corrected chi connectivity index (χ3v) is 3.79. The number of aromatic nitrogens is 2. The zero-order chi connectivity index (χ0) is 16.2. The molecule has 0 N–H and O–H groups in total. The van der Waals surface area contributed by atoms with Crippen LogP contribution in [-0.4, -0.2) is 22.7 Å². The topological polar surface area (TPSA) is 44.1 Å². The molecule has 0 unspecified atom stereocenters. The van der Waals surface area contributed by atoms with Crippen LogP contribution in [0, 0.1) is 0 Å². The Labute approximate surface area is 139 Å². The van der Waals surface area contributed by atoms with Crippen molar-refractivity contribution >= 4 is 17.9 Å². The van der Waals surface area contributed by atoms with Gasteiger partial charge >= 0.3 is 0 Å². The van der Waals surface area contributed by atoms with Crippen molar-refractivity contribution in [1.82, 2.24) is 9.78 Å². The first-order valence-electron chi connectivity index (χ1n) is 7.27. The Morgan fingerprint density at radius 2 is 1.83 bits per heavy atom. The van der Waals surface area contributed by atoms with E-state index in [9.17, 15) is 4.79 Å². The first kappa shape index (κ1) is 15.3. The molecular formula is C18H15ClN2O2. The van der Waals surface area contributed by atoms with E-state index in [2.05, 4.69) is 5.10 Å². The summed E-state index contributed by atoms with van der Waals surface area (Å²) in [5.41, 5.74) is 2.40. The standard InChI is InChI=1S/C18H15ClN2O2/c1-2-23-16-11-7-6-10-14(16)17-15(12-22)18(19)21(20-17)13-8-4-3-5-9-13/h3-12H,2H2,1H3. The van der Waals surface area contributed by atoms with E-state index in [-0.39, 0.29) is 5.15 Å². The number of hydrogen-bond acceptors (Lipinski definition) is 3. The molecule has 0 amide bonds. The molecule has 0 aliphatic rings. The Morgan fingerprint density at radius 3 is 2.52 bits per heavy atom. The summed E-state index contributed by atoms with van der Waals surface area (Å²) in [7, 11) is 0. The van der Waals surface area contributed by atoms with E-state index in [0.29, 0.717) is 23.6 Å². The maximum Gasteiger partial charge on any atom is 0.155 e. The van der Waals surface area contributed by atoms with E-state index in [4.69, 9.17) is 16.3 Å². The number of rotatable bonds is 5. The van der Waals surface area contributed by atoms with Gasteiger partial charge in [0.15, 0.2) is 6.29 Å². The van der Waals surface area contributed by atoms with Gasteiger partial charge in [-0.15, -0.1) is 0 Å². The van der Waals surface area contributed by atoms with E-state index >= 15 is 0 Å². The second kappa shape index (κ2) is 6.67. The fourth-order valence-corrected chi connectivity index (χ4v) is 2.67. The summed E-state index contributed by atoms with van der Waals surface area (Å²) in [5.74, 6) is 0.674. The van der Waals surface area contributed by atoms with Gasteiger partial charge in [0.2, 0.25) is 0 Å². The Hall–Kier alpha value is -2.59. The van der Waals surface area contributed by atoms with Crippen LogP contribution in [0.1, 0.15) is 17.3 Å². The molecule has 1 heterocycles. The number of para-hydroxylation sites is 2. The van der Waals surface area contributed by atoms with E-state index in [0.717, 1.165) is 17.5 Å². The maximum absolute atomic E-state index is 11.6. The quantitative estimate of drug-likeness (QED) is 0.652. The third-order valence-electron chi connectivity index (χ3n) is 3.42. The molecule has 3 aromatic rings. The van der Waals surface area contributed by atoms with Crippen molar-refractivity contribution in [2.45, 2.75) is 6.92 Å². The molecule has 4 nitrogen and oxygen atoms in total. The lowest BCUT2D eigenvalue weighted by Gasteiger charge is -2.08. The molecule has 0 saturated carbocycles. The Balaban J connectivity index is 2.20. The number of benzene rings is 2. The highest BCUT2D eigenvalue weighted by molar-refractivity contribution is 6.32. The summed E-state index contributed by atoms with van der Waals surface area (Å²) >= 11 is 6.37. The van der Waals surface area contributed by atoms with Crippen LogP contribution < -0.4 is 4.74 Å². The molecule has 0 aliphatic heterocycles. The molecule has 0 spiro atoms. The fourth-order valence-electron chi connectivity index (χ4n) is 2.40. The van der Waals surface area contributed by atoms with Crippen LogP contribution in [0.3, 0.4) is 0 Å². The zero-order valence-electron chi connectivity index (χ0n) is 12.6. The second-order valence-electron chi connectivity index (χ2n) is 4.85. The molecule has 1 aromatic heterocycles. The van der Waals surface area contributed by atoms with Gasteiger partial charge in [-0.25, -0.2) is 4.68 Å². The van der Waals surface area contributed by atoms with Crippen molar-refractivity contribution in [3.63, 3.8) is 0 Å². The first-order chi connectivity index (χ1) is 11.3. The average Bonchev–Trinajstić information content (AvgIpc) is 2.93. The largest absolute Gasteiger partial charge is 0.493 e. The maximum atomic E-state index is 11.6. The van der Waals surface area contributed by atoms with Crippen molar-refractivity contribution in [3.05, 3.63) is 65.3 Å². The van der Waals surface area contributed by atoms with Crippen LogP contribution in [0.15, 0.2) is 54.6 Å².